The average Bonchev–Trinajstić information content (AvgIpc) is 2.64. The van der Waals surface area contributed by atoms with Crippen molar-refractivity contribution in [1.82, 2.24) is 5.32 Å². The molecule has 1 unspecified atom stereocenters. The summed E-state index contributed by atoms with van der Waals surface area (Å²) in [6.45, 7) is 2.40. The monoisotopic (exact) mass is 451 g/mol. The average molecular weight is 453 g/mol. The maximum Gasteiger partial charge on any atom is 0.329 e. The molecule has 1 atom stereocenters. The number of carbonyl (C=O) groups is 2. The lowest BCUT2D eigenvalue weighted by Crippen LogP contribution is -2.62. The van der Waals surface area contributed by atoms with Crippen molar-refractivity contribution >= 4 is 50.8 Å². The van der Waals surface area contributed by atoms with Gasteiger partial charge in [-0.05, 0) is 48.9 Å². The molecule has 3 N–H and O–H groups in total. The second kappa shape index (κ2) is 7.88. The quantitative estimate of drug-likeness (QED) is 0.594. The molecular weight excluding hydrogens is 434 g/mol. The Kier molecular flexibility index (Phi) is 5.74. The second-order valence-corrected chi connectivity index (χ2v) is 7.57. The van der Waals surface area contributed by atoms with Gasteiger partial charge in [0.25, 0.3) is 11.6 Å². The van der Waals surface area contributed by atoms with Crippen LogP contribution in [0, 0.1) is 0 Å². The number of halogens is 2. The van der Waals surface area contributed by atoms with Crippen LogP contribution in [-0.4, -0.2) is 23.6 Å². The Balaban J connectivity index is 2.13. The predicted molar refractivity (Wildman–Crippen MR) is 109 cm³/mol. The number of benzene rings is 2. The van der Waals surface area contributed by atoms with Crippen LogP contribution in [0.4, 0.5) is 16.2 Å². The highest BCUT2D eigenvalue weighted by atomic mass is 79.9. The van der Waals surface area contributed by atoms with Crippen LogP contribution in [0.3, 0.4) is 0 Å². The molecule has 1 aliphatic heterocycles. The highest BCUT2D eigenvalue weighted by Gasteiger charge is 2.52. The molecule has 27 heavy (non-hydrogen) atoms. The van der Waals surface area contributed by atoms with Gasteiger partial charge in [-0.25, -0.2) is 4.79 Å². The minimum Gasteiger partial charge on any atom is -0.359 e. The van der Waals surface area contributed by atoms with Crippen LogP contribution in [0.5, 0.6) is 0 Å². The van der Waals surface area contributed by atoms with Crippen LogP contribution < -0.4 is 15.5 Å². The van der Waals surface area contributed by atoms with E-state index in [1.165, 1.54) is 0 Å². The van der Waals surface area contributed by atoms with Gasteiger partial charge in [-0.1, -0.05) is 40.9 Å². The number of amides is 3. The molecule has 0 saturated carbocycles. The Labute approximate surface area is 170 Å². The summed E-state index contributed by atoms with van der Waals surface area (Å²) in [6, 6.07) is 10.7. The van der Waals surface area contributed by atoms with Crippen LogP contribution in [0.2, 0.25) is 5.02 Å². The van der Waals surface area contributed by atoms with Gasteiger partial charge in [0.1, 0.15) is 0 Å². The van der Waals surface area contributed by atoms with E-state index in [1.807, 2.05) is 6.92 Å². The smallest absolute Gasteiger partial charge is 0.329 e. The molecule has 0 fully saturated rings. The largest absolute Gasteiger partial charge is 0.359 e. The minimum absolute atomic E-state index is 0.278. The summed E-state index contributed by atoms with van der Waals surface area (Å²) in [5.74, 6) is -0.667. The summed E-state index contributed by atoms with van der Waals surface area (Å²) in [5, 5.41) is 17.5. The Bertz CT molecular complexity index is 875. The van der Waals surface area contributed by atoms with Crippen molar-refractivity contribution in [3.63, 3.8) is 0 Å². The predicted octanol–water partition coefficient (Wildman–Crippen LogP) is 4.22. The number of rotatable bonds is 5. The molecule has 3 rings (SSSR count). The van der Waals surface area contributed by atoms with E-state index in [-0.39, 0.29) is 5.56 Å². The fourth-order valence-electron chi connectivity index (χ4n) is 2.97. The van der Waals surface area contributed by atoms with Crippen LogP contribution in [0.25, 0.3) is 0 Å². The number of fused-ring (bicyclic) bond motifs is 1. The highest BCUT2D eigenvalue weighted by Crippen LogP contribution is 2.41. The van der Waals surface area contributed by atoms with Crippen LogP contribution >= 0.6 is 27.5 Å². The number of unbranched alkanes of at least 4 members (excludes halogenated alkanes) is 1. The lowest BCUT2D eigenvalue weighted by Gasteiger charge is -2.42. The van der Waals surface area contributed by atoms with Gasteiger partial charge >= 0.3 is 6.03 Å². The van der Waals surface area contributed by atoms with Crippen molar-refractivity contribution in [3.8, 4) is 0 Å². The van der Waals surface area contributed by atoms with E-state index in [9.17, 15) is 14.7 Å². The lowest BCUT2D eigenvalue weighted by atomic mass is 9.94. The van der Waals surface area contributed by atoms with E-state index in [2.05, 4.69) is 26.6 Å². The molecular formula is C19H19BrClN3O3. The second-order valence-electron chi connectivity index (χ2n) is 6.21. The number of hydrogen-bond acceptors (Lipinski definition) is 3. The molecule has 8 heteroatoms. The third-order valence-corrected chi connectivity index (χ3v) is 5.09. The molecule has 142 valence electrons. The van der Waals surface area contributed by atoms with E-state index in [1.54, 1.807) is 42.5 Å². The van der Waals surface area contributed by atoms with Gasteiger partial charge in [0.2, 0.25) is 0 Å². The van der Waals surface area contributed by atoms with Gasteiger partial charge in [-0.3, -0.25) is 9.69 Å². The summed E-state index contributed by atoms with van der Waals surface area (Å²) >= 11 is 9.30. The summed E-state index contributed by atoms with van der Waals surface area (Å²) < 4.78 is 0.674. The third-order valence-electron chi connectivity index (χ3n) is 4.34. The van der Waals surface area contributed by atoms with Crippen molar-refractivity contribution in [2.75, 3.05) is 16.8 Å². The van der Waals surface area contributed by atoms with Crippen molar-refractivity contribution in [2.45, 2.75) is 25.5 Å². The van der Waals surface area contributed by atoms with E-state index >= 15 is 0 Å². The number of urea groups is 1. The van der Waals surface area contributed by atoms with Crippen molar-refractivity contribution in [2.24, 2.45) is 0 Å². The molecule has 0 aliphatic carbocycles. The van der Waals surface area contributed by atoms with Crippen LogP contribution in [0.1, 0.15) is 25.3 Å². The summed E-state index contributed by atoms with van der Waals surface area (Å²) in [6.07, 6.45) is 1.66. The summed E-state index contributed by atoms with van der Waals surface area (Å²) in [7, 11) is 0. The van der Waals surface area contributed by atoms with E-state index in [0.717, 1.165) is 17.7 Å². The third kappa shape index (κ3) is 3.67. The van der Waals surface area contributed by atoms with E-state index in [0.29, 0.717) is 27.4 Å². The molecule has 2 aromatic carbocycles. The fraction of sp³-hybridized carbons (Fsp3) is 0.263. The molecule has 0 bridgehead atoms. The first kappa shape index (κ1) is 19.7. The molecule has 2 aromatic rings. The molecule has 1 heterocycles. The maximum atomic E-state index is 13.0. The number of anilines is 2. The van der Waals surface area contributed by atoms with Crippen LogP contribution in [-0.2, 0) is 10.5 Å². The van der Waals surface area contributed by atoms with E-state index in [4.69, 9.17) is 11.6 Å². The molecule has 0 aromatic heterocycles. The topological polar surface area (TPSA) is 81.7 Å². The first-order chi connectivity index (χ1) is 12.9. The van der Waals surface area contributed by atoms with Crippen molar-refractivity contribution < 1.29 is 14.7 Å². The molecule has 1 aliphatic rings. The minimum atomic E-state index is -2.21. The Hall–Kier alpha value is -2.09. The Morgan fingerprint density at radius 1 is 1.30 bits per heavy atom. The number of hydrogen-bond donors (Lipinski definition) is 3. The van der Waals surface area contributed by atoms with Crippen molar-refractivity contribution in [3.05, 3.63) is 57.5 Å². The molecule has 0 spiro atoms. The zero-order valence-corrected chi connectivity index (χ0v) is 17.0. The summed E-state index contributed by atoms with van der Waals surface area (Å²) in [4.78, 5) is 26.9. The first-order valence-corrected chi connectivity index (χ1v) is 9.72. The molecule has 0 saturated heterocycles. The fourth-order valence-corrected chi connectivity index (χ4v) is 3.46. The normalized spacial score (nSPS) is 18.7. The zero-order chi connectivity index (χ0) is 19.6. The zero-order valence-electron chi connectivity index (χ0n) is 14.6. The van der Waals surface area contributed by atoms with Gasteiger partial charge < -0.3 is 15.7 Å². The van der Waals surface area contributed by atoms with E-state index < -0.39 is 17.7 Å². The summed E-state index contributed by atoms with van der Waals surface area (Å²) in [5.41, 5.74) is -1.21. The SMILES string of the molecule is CCCCNC(=O)C1(O)c2cc(Br)ccc2NC(=O)N1c1ccc(Cl)cc1. The van der Waals surface area contributed by atoms with Gasteiger partial charge in [-0.15, -0.1) is 0 Å². The molecule has 3 amide bonds. The van der Waals surface area contributed by atoms with Gasteiger partial charge in [-0.2, -0.15) is 0 Å². The number of carbonyl (C=O) groups excluding carboxylic acids is 2. The standard InChI is InChI=1S/C19H19BrClN3O3/c1-2-3-10-22-17(25)19(27)15-11-12(20)4-9-16(15)23-18(26)24(19)14-7-5-13(21)6-8-14/h4-9,11,27H,2-3,10H2,1H3,(H,22,25)(H,23,26). The number of nitrogens with zero attached hydrogens (tertiary/aromatic N) is 1. The molecule has 6 nitrogen and oxygen atoms in total. The number of aliphatic hydroxyl groups is 1. The lowest BCUT2D eigenvalue weighted by molar-refractivity contribution is -0.140. The first-order valence-electron chi connectivity index (χ1n) is 8.55. The highest BCUT2D eigenvalue weighted by molar-refractivity contribution is 9.10. The van der Waals surface area contributed by atoms with Crippen LogP contribution in [0.15, 0.2) is 46.9 Å². The number of nitrogens with one attached hydrogen (secondary N) is 2. The van der Waals surface area contributed by atoms with Gasteiger partial charge in [0.15, 0.2) is 0 Å². The molecule has 0 radical (unpaired) electrons. The maximum absolute atomic E-state index is 13.0. The Morgan fingerprint density at radius 3 is 2.67 bits per heavy atom. The van der Waals surface area contributed by atoms with Gasteiger partial charge in [0.05, 0.1) is 5.69 Å². The Morgan fingerprint density at radius 2 is 2.00 bits per heavy atom. The van der Waals surface area contributed by atoms with Crippen molar-refractivity contribution in [1.29, 1.82) is 0 Å². The van der Waals surface area contributed by atoms with Gasteiger partial charge in [0, 0.05) is 27.3 Å².